The van der Waals surface area contributed by atoms with Crippen LogP contribution in [0.2, 0.25) is 0 Å². The van der Waals surface area contributed by atoms with Crippen LogP contribution in [0.4, 0.5) is 5.69 Å². The second-order valence-corrected chi connectivity index (χ2v) is 6.04. The normalized spacial score (nSPS) is 10.4. The number of nitrogen functional groups attached to an aromatic ring is 1. The van der Waals surface area contributed by atoms with E-state index < -0.39 is 0 Å². The molecule has 0 radical (unpaired) electrons. The lowest BCUT2D eigenvalue weighted by atomic mass is 10.1. The Hall–Kier alpha value is -1.81. The fourth-order valence-electron chi connectivity index (χ4n) is 2.12. The first-order valence-electron chi connectivity index (χ1n) is 6.87. The molecule has 0 fully saturated rings. The van der Waals surface area contributed by atoms with Gasteiger partial charge in [0, 0.05) is 30.2 Å². The van der Waals surface area contributed by atoms with Crippen LogP contribution in [-0.2, 0) is 17.8 Å². The summed E-state index contributed by atoms with van der Waals surface area (Å²) in [6.45, 7) is 0.625. The van der Waals surface area contributed by atoms with E-state index in [1.807, 2.05) is 55.6 Å². The molecule has 21 heavy (non-hydrogen) atoms. The zero-order chi connectivity index (χ0) is 15.2. The third-order valence-corrected chi connectivity index (χ3v) is 3.84. The van der Waals surface area contributed by atoms with Crippen LogP contribution in [0.3, 0.4) is 0 Å². The van der Waals surface area contributed by atoms with Crippen molar-refractivity contribution in [3.8, 4) is 0 Å². The fourth-order valence-corrected chi connectivity index (χ4v) is 2.57. The van der Waals surface area contributed by atoms with Crippen molar-refractivity contribution >= 4 is 27.5 Å². The Labute approximate surface area is 133 Å². The molecule has 110 valence electrons. The van der Waals surface area contributed by atoms with Crippen molar-refractivity contribution in [1.82, 2.24) is 4.90 Å². The molecular formula is C17H19BrN2O. The van der Waals surface area contributed by atoms with Gasteiger partial charge >= 0.3 is 0 Å². The summed E-state index contributed by atoms with van der Waals surface area (Å²) in [5.41, 5.74) is 8.65. The van der Waals surface area contributed by atoms with Crippen molar-refractivity contribution in [3.63, 3.8) is 0 Å². The van der Waals surface area contributed by atoms with E-state index in [9.17, 15) is 4.79 Å². The molecule has 0 aliphatic rings. The molecule has 0 unspecified atom stereocenters. The maximum absolute atomic E-state index is 12.2. The number of hydrogen-bond donors (Lipinski definition) is 1. The summed E-state index contributed by atoms with van der Waals surface area (Å²) in [5, 5.41) is 0. The number of amides is 1. The highest BCUT2D eigenvalue weighted by Crippen LogP contribution is 2.14. The average molecular weight is 347 g/mol. The van der Waals surface area contributed by atoms with Crippen LogP contribution in [0.15, 0.2) is 53.0 Å². The molecule has 0 bridgehead atoms. The number of anilines is 1. The number of nitrogens with zero attached hydrogens (tertiary/aromatic N) is 1. The van der Waals surface area contributed by atoms with Crippen molar-refractivity contribution < 1.29 is 4.79 Å². The minimum atomic E-state index is 0.145. The van der Waals surface area contributed by atoms with Gasteiger partial charge in [0.2, 0.25) is 5.91 Å². The molecule has 0 saturated carbocycles. The second-order valence-electron chi connectivity index (χ2n) is 5.12. The number of aryl methyl sites for hydroxylation is 1. The van der Waals surface area contributed by atoms with Crippen molar-refractivity contribution in [2.45, 2.75) is 19.4 Å². The highest BCUT2D eigenvalue weighted by Gasteiger charge is 2.09. The number of nitrogens with two attached hydrogens (primary N) is 1. The fraction of sp³-hybridized carbons (Fsp3) is 0.235. The number of benzene rings is 2. The van der Waals surface area contributed by atoms with Crippen LogP contribution < -0.4 is 5.73 Å². The molecule has 2 aromatic carbocycles. The predicted octanol–water partition coefficient (Wildman–Crippen LogP) is 3.62. The van der Waals surface area contributed by atoms with Crippen LogP contribution in [0, 0.1) is 0 Å². The Morgan fingerprint density at radius 3 is 2.52 bits per heavy atom. The van der Waals surface area contributed by atoms with Crippen LogP contribution in [-0.4, -0.2) is 17.9 Å². The van der Waals surface area contributed by atoms with Gasteiger partial charge in [0.15, 0.2) is 0 Å². The van der Waals surface area contributed by atoms with Crippen LogP contribution >= 0.6 is 15.9 Å². The average Bonchev–Trinajstić information content (AvgIpc) is 2.46. The van der Waals surface area contributed by atoms with E-state index in [2.05, 4.69) is 15.9 Å². The van der Waals surface area contributed by atoms with Crippen molar-refractivity contribution in [1.29, 1.82) is 0 Å². The molecule has 0 aromatic heterocycles. The lowest BCUT2D eigenvalue weighted by Gasteiger charge is -2.17. The summed E-state index contributed by atoms with van der Waals surface area (Å²) in [6, 6.07) is 15.7. The Kier molecular flexibility index (Phi) is 5.39. The highest BCUT2D eigenvalue weighted by atomic mass is 79.9. The Bertz CT molecular complexity index is 610. The smallest absolute Gasteiger partial charge is 0.222 e. The molecule has 2 aromatic rings. The maximum atomic E-state index is 12.2. The van der Waals surface area contributed by atoms with Gasteiger partial charge in [-0.25, -0.2) is 0 Å². The van der Waals surface area contributed by atoms with E-state index >= 15 is 0 Å². The molecule has 0 saturated heterocycles. The van der Waals surface area contributed by atoms with E-state index in [4.69, 9.17) is 5.73 Å². The van der Waals surface area contributed by atoms with E-state index in [1.54, 1.807) is 4.90 Å². The Morgan fingerprint density at radius 1 is 1.14 bits per heavy atom. The van der Waals surface area contributed by atoms with E-state index in [-0.39, 0.29) is 5.91 Å². The molecule has 0 heterocycles. The van der Waals surface area contributed by atoms with Gasteiger partial charge < -0.3 is 10.6 Å². The highest BCUT2D eigenvalue weighted by molar-refractivity contribution is 9.10. The Morgan fingerprint density at radius 2 is 1.86 bits per heavy atom. The zero-order valence-electron chi connectivity index (χ0n) is 12.1. The number of halogens is 1. The number of carbonyl (C=O) groups excluding carboxylic acids is 1. The first-order valence-corrected chi connectivity index (χ1v) is 7.67. The summed E-state index contributed by atoms with van der Waals surface area (Å²) in [4.78, 5) is 13.9. The van der Waals surface area contributed by atoms with Gasteiger partial charge in [-0.15, -0.1) is 0 Å². The number of carbonyl (C=O) groups is 1. The van der Waals surface area contributed by atoms with Crippen LogP contribution in [0.25, 0.3) is 0 Å². The third kappa shape index (κ3) is 4.90. The molecule has 0 aliphatic carbocycles. The van der Waals surface area contributed by atoms with E-state index in [0.29, 0.717) is 13.0 Å². The molecule has 3 nitrogen and oxygen atoms in total. The van der Waals surface area contributed by atoms with Crippen molar-refractivity contribution in [3.05, 3.63) is 64.1 Å². The molecule has 2 N–H and O–H groups in total. The van der Waals surface area contributed by atoms with E-state index in [1.165, 1.54) is 0 Å². The molecule has 4 heteroatoms. The minimum Gasteiger partial charge on any atom is -0.399 e. The summed E-state index contributed by atoms with van der Waals surface area (Å²) in [6.07, 6.45) is 1.25. The topological polar surface area (TPSA) is 46.3 Å². The van der Waals surface area contributed by atoms with Gasteiger partial charge in [0.1, 0.15) is 0 Å². The van der Waals surface area contributed by atoms with Gasteiger partial charge in [-0.05, 0) is 41.8 Å². The quantitative estimate of drug-likeness (QED) is 0.840. The molecule has 0 aliphatic heterocycles. The van der Waals surface area contributed by atoms with Gasteiger partial charge in [-0.3, -0.25) is 4.79 Å². The molecule has 1 amide bonds. The summed E-state index contributed by atoms with van der Waals surface area (Å²) < 4.78 is 1.03. The van der Waals surface area contributed by atoms with Crippen molar-refractivity contribution in [2.24, 2.45) is 0 Å². The lowest BCUT2D eigenvalue weighted by Crippen LogP contribution is -2.26. The van der Waals surface area contributed by atoms with Gasteiger partial charge in [0.25, 0.3) is 0 Å². The van der Waals surface area contributed by atoms with E-state index in [0.717, 1.165) is 27.7 Å². The molecule has 2 rings (SSSR count). The predicted molar refractivity (Wildman–Crippen MR) is 89.8 cm³/mol. The Balaban J connectivity index is 1.86. The second kappa shape index (κ2) is 7.27. The van der Waals surface area contributed by atoms with Gasteiger partial charge in [0.05, 0.1) is 0 Å². The first-order chi connectivity index (χ1) is 10.0. The van der Waals surface area contributed by atoms with Crippen LogP contribution in [0.5, 0.6) is 0 Å². The monoisotopic (exact) mass is 346 g/mol. The van der Waals surface area contributed by atoms with Gasteiger partial charge in [-0.1, -0.05) is 40.2 Å². The molecule has 0 spiro atoms. The lowest BCUT2D eigenvalue weighted by molar-refractivity contribution is -0.130. The molecular weight excluding hydrogens is 328 g/mol. The van der Waals surface area contributed by atoms with Crippen molar-refractivity contribution in [2.75, 3.05) is 12.8 Å². The summed E-state index contributed by atoms with van der Waals surface area (Å²) >= 11 is 3.44. The van der Waals surface area contributed by atoms with Crippen LogP contribution in [0.1, 0.15) is 17.5 Å². The zero-order valence-corrected chi connectivity index (χ0v) is 13.6. The molecule has 0 atom stereocenters. The summed E-state index contributed by atoms with van der Waals surface area (Å²) in [5.74, 6) is 0.145. The SMILES string of the molecule is CN(Cc1cccc(Br)c1)C(=O)CCc1ccc(N)cc1. The summed E-state index contributed by atoms with van der Waals surface area (Å²) in [7, 11) is 1.84. The van der Waals surface area contributed by atoms with Gasteiger partial charge in [-0.2, -0.15) is 0 Å². The maximum Gasteiger partial charge on any atom is 0.222 e. The third-order valence-electron chi connectivity index (χ3n) is 3.34. The first kappa shape index (κ1) is 15.6. The number of rotatable bonds is 5. The minimum absolute atomic E-state index is 0.145. The number of hydrogen-bond acceptors (Lipinski definition) is 2. The standard InChI is InChI=1S/C17H19BrN2O/c1-20(12-14-3-2-4-15(18)11-14)17(21)10-7-13-5-8-16(19)9-6-13/h2-6,8-9,11H,7,10,12,19H2,1H3. The largest absolute Gasteiger partial charge is 0.399 e.